The summed E-state index contributed by atoms with van der Waals surface area (Å²) >= 11 is 3.82. The number of nitrogens with zero attached hydrogens (tertiary/aromatic N) is 2. The Balaban J connectivity index is 1.22. The molecule has 1 aliphatic heterocycles. The Morgan fingerprint density at radius 3 is 2.76 bits per heavy atom. The third-order valence-electron chi connectivity index (χ3n) is 6.10. The Labute approximate surface area is 203 Å². The maximum absolute atomic E-state index is 12.7. The van der Waals surface area contributed by atoms with E-state index in [0.29, 0.717) is 17.7 Å². The van der Waals surface area contributed by atoms with E-state index in [9.17, 15) is 9.90 Å². The Morgan fingerprint density at radius 2 is 2.03 bits per heavy atom. The van der Waals surface area contributed by atoms with Crippen LogP contribution in [-0.4, -0.2) is 72.6 Å². The molecule has 1 aromatic heterocycles. The highest BCUT2D eigenvalue weighted by Gasteiger charge is 2.21. The normalized spacial score (nSPS) is 16.1. The number of piperazine rings is 1. The zero-order chi connectivity index (χ0) is 23.2. The molecule has 2 heterocycles. The van der Waals surface area contributed by atoms with Crippen molar-refractivity contribution in [1.82, 2.24) is 15.1 Å². The van der Waals surface area contributed by atoms with Crippen LogP contribution in [0.15, 0.2) is 47.8 Å². The maximum atomic E-state index is 12.7. The Kier molecular flexibility index (Phi) is 8.14. The first-order valence-electron chi connectivity index (χ1n) is 11.2. The summed E-state index contributed by atoms with van der Waals surface area (Å²) in [6, 6.07) is 13.3. The molecule has 1 atom stereocenters. The van der Waals surface area contributed by atoms with Gasteiger partial charge in [-0.25, -0.2) is 0 Å². The van der Waals surface area contributed by atoms with Gasteiger partial charge in [-0.1, -0.05) is 18.2 Å². The summed E-state index contributed by atoms with van der Waals surface area (Å²) in [6.45, 7) is 7.73. The van der Waals surface area contributed by atoms with Crippen molar-refractivity contribution in [3.05, 3.63) is 58.3 Å². The van der Waals surface area contributed by atoms with Crippen molar-refractivity contribution in [2.24, 2.45) is 0 Å². The Hall–Kier alpha value is -2.26. The van der Waals surface area contributed by atoms with Gasteiger partial charge in [0, 0.05) is 55.3 Å². The van der Waals surface area contributed by atoms with E-state index < -0.39 is 0 Å². The fourth-order valence-corrected chi connectivity index (χ4v) is 6.01. The molecule has 33 heavy (non-hydrogen) atoms. The smallest absolute Gasteiger partial charge is 0.255 e. The highest BCUT2D eigenvalue weighted by atomic mass is 32.2. The summed E-state index contributed by atoms with van der Waals surface area (Å²) in [5.41, 5.74) is 0.289. The zero-order valence-electron chi connectivity index (χ0n) is 19.1. The summed E-state index contributed by atoms with van der Waals surface area (Å²) in [6.07, 6.45) is 0. The molecule has 1 aliphatic rings. The number of phenolic OH excluding ortho intramolecular Hbond substituents is 1. The van der Waals surface area contributed by atoms with Crippen LogP contribution in [0.4, 0.5) is 0 Å². The lowest BCUT2D eigenvalue weighted by Gasteiger charge is -2.37. The molecule has 1 saturated heterocycles. The number of aromatic hydroxyl groups is 1. The van der Waals surface area contributed by atoms with Gasteiger partial charge in [0.1, 0.15) is 11.5 Å². The molecule has 6 nitrogen and oxygen atoms in total. The molecule has 0 spiro atoms. The van der Waals surface area contributed by atoms with Gasteiger partial charge in [-0.2, -0.15) is 0 Å². The van der Waals surface area contributed by atoms with Gasteiger partial charge < -0.3 is 15.2 Å². The highest BCUT2D eigenvalue weighted by molar-refractivity contribution is 7.99. The van der Waals surface area contributed by atoms with Crippen molar-refractivity contribution in [2.75, 3.05) is 46.4 Å². The van der Waals surface area contributed by atoms with Gasteiger partial charge in [-0.05, 0) is 42.0 Å². The summed E-state index contributed by atoms with van der Waals surface area (Å²) in [5, 5.41) is 17.6. The molecule has 0 aliphatic carbocycles. The van der Waals surface area contributed by atoms with E-state index in [2.05, 4.69) is 39.6 Å². The molecule has 1 unspecified atom stereocenters. The van der Waals surface area contributed by atoms with E-state index in [-0.39, 0.29) is 17.2 Å². The lowest BCUT2D eigenvalue weighted by Crippen LogP contribution is -2.50. The second-order valence-electron chi connectivity index (χ2n) is 8.17. The fraction of sp³-hybridized carbons (Fsp3) is 0.400. The van der Waals surface area contributed by atoms with Crippen molar-refractivity contribution in [3.8, 4) is 11.5 Å². The van der Waals surface area contributed by atoms with Crippen LogP contribution < -0.4 is 10.1 Å². The molecule has 2 N–H and O–H groups in total. The molecule has 0 radical (unpaired) electrons. The molecule has 176 valence electrons. The molecular weight excluding hydrogens is 454 g/mol. The number of amides is 1. The second kappa shape index (κ2) is 11.2. The second-order valence-corrected chi connectivity index (χ2v) is 10.5. The van der Waals surface area contributed by atoms with E-state index in [1.807, 2.05) is 41.3 Å². The summed E-state index contributed by atoms with van der Waals surface area (Å²) in [4.78, 5) is 19.0. The molecule has 3 aromatic rings. The van der Waals surface area contributed by atoms with Crippen molar-refractivity contribution in [1.29, 1.82) is 0 Å². The molecule has 4 rings (SSSR count). The van der Waals surface area contributed by atoms with Crippen LogP contribution in [0.25, 0.3) is 10.8 Å². The van der Waals surface area contributed by atoms with Gasteiger partial charge >= 0.3 is 0 Å². The van der Waals surface area contributed by atoms with Crippen LogP contribution in [0.1, 0.15) is 22.2 Å². The molecule has 8 heteroatoms. The lowest BCUT2D eigenvalue weighted by atomic mass is 10.0. The first kappa shape index (κ1) is 23.9. The largest absolute Gasteiger partial charge is 0.507 e. The average Bonchev–Trinajstić information content (AvgIpc) is 3.36. The van der Waals surface area contributed by atoms with E-state index in [1.165, 1.54) is 4.88 Å². The van der Waals surface area contributed by atoms with Crippen molar-refractivity contribution in [2.45, 2.75) is 18.1 Å². The number of thioether (sulfide) groups is 1. The van der Waals surface area contributed by atoms with Crippen LogP contribution in [0.5, 0.6) is 11.5 Å². The number of carbonyl (C=O) groups excluding carboxylic acids is 1. The summed E-state index contributed by atoms with van der Waals surface area (Å²) in [5.74, 6) is 1.45. The zero-order valence-corrected chi connectivity index (χ0v) is 20.8. The Morgan fingerprint density at radius 1 is 1.21 bits per heavy atom. The van der Waals surface area contributed by atoms with Gasteiger partial charge in [-0.3, -0.25) is 14.6 Å². The highest BCUT2D eigenvalue weighted by Crippen LogP contribution is 2.31. The number of rotatable bonds is 9. The number of ether oxygens (including phenoxy) is 1. The van der Waals surface area contributed by atoms with Crippen LogP contribution in [0.3, 0.4) is 0 Å². The number of fused-ring (bicyclic) bond motifs is 1. The molecule has 1 fully saturated rings. The van der Waals surface area contributed by atoms with Crippen molar-refractivity contribution < 1.29 is 14.6 Å². The number of hydrogen-bond donors (Lipinski definition) is 2. The SMILES string of the molecule is COc1cccc2cc(C(=O)NCCN3CCN(C(C)SCc4cccs4)CC3)c(O)cc12. The number of carbonyl (C=O) groups is 1. The third kappa shape index (κ3) is 6.00. The first-order chi connectivity index (χ1) is 16.0. The minimum absolute atomic E-state index is 0.0350. The van der Waals surface area contributed by atoms with Crippen molar-refractivity contribution >= 4 is 39.8 Å². The number of thiophene rings is 1. The number of phenols is 1. The predicted molar refractivity (Wildman–Crippen MR) is 138 cm³/mol. The minimum atomic E-state index is -0.255. The number of benzene rings is 2. The molecule has 2 aromatic carbocycles. The molecular formula is C25H31N3O3S2. The van der Waals surface area contributed by atoms with E-state index >= 15 is 0 Å². The lowest BCUT2D eigenvalue weighted by molar-refractivity contribution is 0.0932. The quantitative estimate of drug-likeness (QED) is 0.473. The van der Waals surface area contributed by atoms with Crippen LogP contribution in [0.2, 0.25) is 0 Å². The van der Waals surface area contributed by atoms with Crippen molar-refractivity contribution in [3.63, 3.8) is 0 Å². The minimum Gasteiger partial charge on any atom is -0.507 e. The number of nitrogens with one attached hydrogen (secondary N) is 1. The predicted octanol–water partition coefficient (Wildman–Crippen LogP) is 4.24. The van der Waals surface area contributed by atoms with E-state index in [0.717, 1.165) is 49.2 Å². The van der Waals surface area contributed by atoms with Crippen LogP contribution in [0, 0.1) is 0 Å². The monoisotopic (exact) mass is 485 g/mol. The van der Waals surface area contributed by atoms with Crippen LogP contribution >= 0.6 is 23.1 Å². The molecule has 0 saturated carbocycles. The van der Waals surface area contributed by atoms with Gasteiger partial charge in [0.2, 0.25) is 0 Å². The molecule has 1 amide bonds. The number of methoxy groups -OCH3 is 1. The van der Waals surface area contributed by atoms with Gasteiger partial charge in [-0.15, -0.1) is 23.1 Å². The summed E-state index contributed by atoms with van der Waals surface area (Å²) in [7, 11) is 1.59. The van der Waals surface area contributed by atoms with Gasteiger partial charge in [0.05, 0.1) is 18.0 Å². The van der Waals surface area contributed by atoms with Gasteiger partial charge in [0.15, 0.2) is 0 Å². The maximum Gasteiger partial charge on any atom is 0.255 e. The van der Waals surface area contributed by atoms with Crippen LogP contribution in [-0.2, 0) is 5.75 Å². The standard InChI is InChI=1S/C25H31N3O3S2/c1-18(33-17-20-6-4-14-32-20)28-12-10-27(11-13-28)9-8-26-25(30)22-15-19-5-3-7-24(31-2)21(19)16-23(22)29/h3-7,14-16,18,29H,8-13,17H2,1-2H3,(H,26,30). The third-order valence-corrected chi connectivity index (χ3v) is 8.42. The molecule has 0 bridgehead atoms. The van der Waals surface area contributed by atoms with Gasteiger partial charge in [0.25, 0.3) is 5.91 Å². The summed E-state index contributed by atoms with van der Waals surface area (Å²) < 4.78 is 5.35. The Bertz CT molecular complexity index is 1070. The van der Waals surface area contributed by atoms with E-state index in [4.69, 9.17) is 4.74 Å². The first-order valence-corrected chi connectivity index (χ1v) is 13.2. The van der Waals surface area contributed by atoms with E-state index in [1.54, 1.807) is 19.2 Å². The number of hydrogen-bond acceptors (Lipinski definition) is 7. The fourth-order valence-electron chi connectivity index (χ4n) is 4.12. The topological polar surface area (TPSA) is 65.0 Å². The average molecular weight is 486 g/mol.